The van der Waals surface area contributed by atoms with E-state index in [0.29, 0.717) is 32.7 Å². The Morgan fingerprint density at radius 1 is 0.808 bits per heavy atom. The van der Waals surface area contributed by atoms with Gasteiger partial charge in [0.05, 0.1) is 10.6 Å². The quantitative estimate of drug-likeness (QED) is 0.0490. The molecule has 6 aromatic rings. The number of thiazole rings is 1. The van der Waals surface area contributed by atoms with E-state index in [4.69, 9.17) is 11.6 Å². The molecule has 52 heavy (non-hydrogen) atoms. The summed E-state index contributed by atoms with van der Waals surface area (Å²) in [4.78, 5) is 56.1. The summed E-state index contributed by atoms with van der Waals surface area (Å²) in [6.45, 7) is 0. The Kier molecular flexibility index (Phi) is 11.5. The van der Waals surface area contributed by atoms with Crippen LogP contribution in [0.15, 0.2) is 149 Å². The van der Waals surface area contributed by atoms with Gasteiger partial charge in [-0.3, -0.25) is 24.5 Å². The molecule has 6 rings (SSSR count). The summed E-state index contributed by atoms with van der Waals surface area (Å²) < 4.78 is 0. The first kappa shape index (κ1) is 35.7. The van der Waals surface area contributed by atoms with Crippen LogP contribution in [0.3, 0.4) is 0 Å². The number of halogens is 1. The summed E-state index contributed by atoms with van der Waals surface area (Å²) in [7, 11) is 0. The highest BCUT2D eigenvalue weighted by Gasteiger charge is 2.24. The second kappa shape index (κ2) is 16.8. The minimum Gasteiger partial charge on any atom is -0.321 e. The van der Waals surface area contributed by atoms with Gasteiger partial charge in [0.1, 0.15) is 10.9 Å². The monoisotopic (exact) mass is 745 g/mol. The van der Waals surface area contributed by atoms with Crippen molar-refractivity contribution in [2.75, 3.05) is 10.6 Å². The average molecular weight is 746 g/mol. The van der Waals surface area contributed by atoms with Gasteiger partial charge in [0.15, 0.2) is 5.13 Å². The molecule has 0 aliphatic rings. The largest absolute Gasteiger partial charge is 0.321 e. The molecule has 1 aromatic heterocycles. The second-order valence-electron chi connectivity index (χ2n) is 11.1. The molecule has 3 N–H and O–H groups in total. The van der Waals surface area contributed by atoms with Crippen LogP contribution in [0.1, 0.15) is 26.7 Å². The average Bonchev–Trinajstić information content (AvgIpc) is 3.63. The number of hydrogen-bond acceptors (Lipinski definition) is 8. The van der Waals surface area contributed by atoms with E-state index in [1.54, 1.807) is 60.7 Å². The lowest BCUT2D eigenvalue weighted by molar-refractivity contribution is -0.384. The fraction of sp³-hybridized carbons (Fsp3) is 0.0256. The minimum absolute atomic E-state index is 0.0677. The van der Waals surface area contributed by atoms with Crippen molar-refractivity contribution < 1.29 is 19.3 Å². The first-order valence-corrected chi connectivity index (χ1v) is 17.8. The maximum Gasteiger partial charge on any atom is 0.272 e. The number of nitrogens with zero attached hydrogens (tertiary/aromatic N) is 2. The Bertz CT molecular complexity index is 2250. The first-order chi connectivity index (χ1) is 25.2. The zero-order valence-corrected chi connectivity index (χ0v) is 29.5. The highest BCUT2D eigenvalue weighted by molar-refractivity contribution is 8.00. The third-order valence-electron chi connectivity index (χ3n) is 7.53. The van der Waals surface area contributed by atoms with Crippen LogP contribution < -0.4 is 16.0 Å². The third-order valence-corrected chi connectivity index (χ3v) is 9.89. The first-order valence-electron chi connectivity index (χ1n) is 15.7. The fourth-order valence-corrected chi connectivity index (χ4v) is 6.92. The van der Waals surface area contributed by atoms with E-state index >= 15 is 0 Å². The molecular weight excluding hydrogens is 718 g/mol. The predicted octanol–water partition coefficient (Wildman–Crippen LogP) is 9.25. The molecule has 0 saturated heterocycles. The summed E-state index contributed by atoms with van der Waals surface area (Å²) in [5, 5.41) is 21.7. The lowest BCUT2D eigenvalue weighted by Gasteiger charge is -2.17. The highest BCUT2D eigenvalue weighted by atomic mass is 35.5. The van der Waals surface area contributed by atoms with Crippen LogP contribution in [-0.4, -0.2) is 27.6 Å². The van der Waals surface area contributed by atoms with Crippen LogP contribution in [0, 0.1) is 10.1 Å². The van der Waals surface area contributed by atoms with E-state index in [2.05, 4.69) is 20.9 Å². The van der Waals surface area contributed by atoms with Crippen molar-refractivity contribution in [3.8, 4) is 11.3 Å². The number of carbonyl (C=O) groups excluding carboxylic acids is 3. The zero-order valence-electron chi connectivity index (χ0n) is 27.1. The maximum atomic E-state index is 13.7. The molecule has 1 heterocycles. The number of carbonyl (C=O) groups is 3. The standard InChI is InChI=1S/C39H28ClN5O5S2/c40-32-14-8-7-13-31(32)34-24-51-39(43-34)44-38(48)35(26-9-3-1-4-10-26)52-30-21-17-28(18-22-30)41-37(47)33(42-36(46)27-11-5-2-6-12-27)23-25-15-19-29(20-16-25)45(49)50/h1-24,35H,(H,41,47)(H,42,46)(H,43,44,48)/b33-23-. The molecule has 0 fully saturated rings. The van der Waals surface area contributed by atoms with Gasteiger partial charge in [0.25, 0.3) is 17.5 Å². The van der Waals surface area contributed by atoms with Crippen LogP contribution in [-0.2, 0) is 9.59 Å². The molecule has 1 atom stereocenters. The van der Waals surface area contributed by atoms with Gasteiger partial charge in [-0.25, -0.2) is 4.98 Å². The minimum atomic E-state index is -0.626. The Morgan fingerprint density at radius 3 is 2.13 bits per heavy atom. The molecule has 0 spiro atoms. The van der Waals surface area contributed by atoms with Gasteiger partial charge >= 0.3 is 0 Å². The number of benzene rings is 5. The number of nitro groups is 1. The lowest BCUT2D eigenvalue weighted by atomic mass is 10.1. The van der Waals surface area contributed by atoms with E-state index in [9.17, 15) is 24.5 Å². The molecule has 0 radical (unpaired) electrons. The number of anilines is 2. The SMILES string of the molecule is O=C(Nc1ccc(SC(C(=O)Nc2nc(-c3ccccc3Cl)cs2)c2ccccc2)cc1)/C(=C/c1ccc([N+](=O)[O-])cc1)NC(=O)c1ccccc1. The van der Waals surface area contributed by atoms with Gasteiger partial charge in [-0.2, -0.15) is 0 Å². The van der Waals surface area contributed by atoms with E-state index in [1.165, 1.54) is 53.4 Å². The Hall–Kier alpha value is -6.08. The van der Waals surface area contributed by atoms with Gasteiger partial charge in [0, 0.05) is 44.2 Å². The number of hydrogen-bond donors (Lipinski definition) is 3. The molecule has 0 aliphatic carbocycles. The van der Waals surface area contributed by atoms with E-state index in [-0.39, 0.29) is 17.3 Å². The van der Waals surface area contributed by atoms with Gasteiger partial charge in [-0.1, -0.05) is 78.3 Å². The third kappa shape index (κ3) is 9.17. The van der Waals surface area contributed by atoms with Crippen molar-refractivity contribution in [1.82, 2.24) is 10.3 Å². The number of nitrogens with one attached hydrogen (secondary N) is 3. The summed E-state index contributed by atoms with van der Waals surface area (Å²) in [5.74, 6) is -1.37. The predicted molar refractivity (Wildman–Crippen MR) is 206 cm³/mol. The van der Waals surface area contributed by atoms with Crippen LogP contribution in [0.2, 0.25) is 5.02 Å². The topological polar surface area (TPSA) is 143 Å². The number of rotatable bonds is 12. The molecule has 0 bridgehead atoms. The van der Waals surface area contributed by atoms with Crippen molar-refractivity contribution in [2.45, 2.75) is 10.1 Å². The summed E-state index contributed by atoms with van der Waals surface area (Å²) in [6.07, 6.45) is 1.44. The van der Waals surface area contributed by atoms with Crippen molar-refractivity contribution in [3.63, 3.8) is 0 Å². The Morgan fingerprint density at radius 2 is 1.46 bits per heavy atom. The number of amides is 3. The lowest BCUT2D eigenvalue weighted by Crippen LogP contribution is -2.30. The van der Waals surface area contributed by atoms with E-state index in [1.807, 2.05) is 53.9 Å². The fourth-order valence-electron chi connectivity index (χ4n) is 4.95. The molecule has 13 heteroatoms. The normalized spacial score (nSPS) is 11.7. The number of aromatic nitrogens is 1. The van der Waals surface area contributed by atoms with Crippen LogP contribution in [0.25, 0.3) is 17.3 Å². The van der Waals surface area contributed by atoms with Gasteiger partial charge in [0.2, 0.25) is 5.91 Å². The molecule has 5 aromatic carbocycles. The van der Waals surface area contributed by atoms with Gasteiger partial charge in [-0.05, 0) is 71.8 Å². The summed E-state index contributed by atoms with van der Waals surface area (Å²) in [5.41, 5.74) is 3.31. The molecule has 0 aliphatic heterocycles. The molecule has 258 valence electrons. The van der Waals surface area contributed by atoms with E-state index in [0.717, 1.165) is 16.0 Å². The summed E-state index contributed by atoms with van der Waals surface area (Å²) in [6, 6.07) is 37.7. The number of non-ortho nitro benzene ring substituents is 1. The number of nitro benzene ring substituents is 1. The molecule has 1 unspecified atom stereocenters. The van der Waals surface area contributed by atoms with Crippen LogP contribution in [0.5, 0.6) is 0 Å². The maximum absolute atomic E-state index is 13.7. The Balaban J connectivity index is 1.18. The van der Waals surface area contributed by atoms with Crippen LogP contribution >= 0.6 is 34.7 Å². The van der Waals surface area contributed by atoms with Crippen molar-refractivity contribution >= 4 is 75.0 Å². The second-order valence-corrected chi connectivity index (χ2v) is 13.6. The van der Waals surface area contributed by atoms with Crippen LogP contribution in [0.4, 0.5) is 16.5 Å². The molecular formula is C39H28ClN5O5S2. The summed E-state index contributed by atoms with van der Waals surface area (Å²) >= 11 is 8.99. The Labute approximate surface area is 311 Å². The highest BCUT2D eigenvalue weighted by Crippen LogP contribution is 2.38. The van der Waals surface area contributed by atoms with Crippen molar-refractivity contribution in [3.05, 3.63) is 176 Å². The molecule has 3 amide bonds. The van der Waals surface area contributed by atoms with E-state index < -0.39 is 22.0 Å². The smallest absolute Gasteiger partial charge is 0.272 e. The van der Waals surface area contributed by atoms with Crippen molar-refractivity contribution in [2.24, 2.45) is 0 Å². The van der Waals surface area contributed by atoms with Gasteiger partial charge < -0.3 is 16.0 Å². The van der Waals surface area contributed by atoms with Gasteiger partial charge in [-0.15, -0.1) is 23.1 Å². The number of thioether (sulfide) groups is 1. The zero-order chi connectivity index (χ0) is 36.5. The molecule has 0 saturated carbocycles. The van der Waals surface area contributed by atoms with Crippen molar-refractivity contribution in [1.29, 1.82) is 0 Å². The molecule has 10 nitrogen and oxygen atoms in total.